The van der Waals surface area contributed by atoms with Gasteiger partial charge in [0, 0.05) is 32.5 Å². The van der Waals surface area contributed by atoms with Crippen LogP contribution in [0.1, 0.15) is 43.6 Å². The van der Waals surface area contributed by atoms with Crippen molar-refractivity contribution in [1.29, 1.82) is 0 Å². The van der Waals surface area contributed by atoms with E-state index in [0.717, 1.165) is 0 Å². The molecule has 5 heterocycles. The Morgan fingerprint density at radius 1 is 1.15 bits per heavy atom. The van der Waals surface area contributed by atoms with Gasteiger partial charge < -0.3 is 30.4 Å². The van der Waals surface area contributed by atoms with E-state index in [1.54, 1.807) is 13.8 Å². The summed E-state index contributed by atoms with van der Waals surface area (Å²) in [6.45, 7) is 5.68. The number of ether oxygens (including phenoxy) is 2. The van der Waals surface area contributed by atoms with E-state index in [0.29, 0.717) is 68.8 Å². The third kappa shape index (κ3) is 4.36. The molecule has 2 amide bonds. The van der Waals surface area contributed by atoms with E-state index >= 15 is 8.78 Å². The van der Waals surface area contributed by atoms with Crippen molar-refractivity contribution in [3.05, 3.63) is 34.8 Å². The molecule has 2 fully saturated rings. The summed E-state index contributed by atoms with van der Waals surface area (Å²) in [4.78, 5) is 43.8. The summed E-state index contributed by atoms with van der Waals surface area (Å²) in [5.74, 6) is -0.207. The van der Waals surface area contributed by atoms with Crippen LogP contribution in [0.25, 0.3) is 11.0 Å². The minimum atomic E-state index is -0.846. The number of fused-ring (bicyclic) bond motifs is 3. The number of aromatic nitrogens is 4. The number of nitrogens with zero attached hydrogens (tertiary/aromatic N) is 5. The third-order valence-electron chi connectivity index (χ3n) is 8.48. The summed E-state index contributed by atoms with van der Waals surface area (Å²) in [5.41, 5.74) is 5.46. The van der Waals surface area contributed by atoms with Crippen molar-refractivity contribution >= 4 is 34.7 Å². The molecule has 2 aromatic heterocycles. The van der Waals surface area contributed by atoms with E-state index in [4.69, 9.17) is 15.2 Å². The Labute approximate surface area is 233 Å². The first-order valence-corrected chi connectivity index (χ1v) is 13.7. The molecule has 3 aliphatic heterocycles. The van der Waals surface area contributed by atoms with Gasteiger partial charge in [-0.25, -0.2) is 28.5 Å². The first kappa shape index (κ1) is 26.0. The number of nitrogens with one attached hydrogen (secondary N) is 2. The van der Waals surface area contributed by atoms with E-state index < -0.39 is 28.9 Å². The van der Waals surface area contributed by atoms with Crippen molar-refractivity contribution in [2.75, 3.05) is 43.0 Å². The molecule has 2 saturated heterocycles. The Kier molecular flexibility index (Phi) is 5.74. The Balaban J connectivity index is 1.00. The predicted molar refractivity (Wildman–Crippen MR) is 143 cm³/mol. The van der Waals surface area contributed by atoms with Gasteiger partial charge in [0.1, 0.15) is 22.5 Å². The monoisotopic (exact) mass is 568 g/mol. The molecule has 0 radical (unpaired) electrons. The fraction of sp³-hybridized carbons (Fsp3) is 0.519. The SMILES string of the molecule is CC(C)(N)c1nc2c(F)c3c(c(F)c2[nH]1)CC(CN1CCC2(CC1)CN(c1cnc4c(n1)NC(=O)CO4)C(=O)O2)C3. The van der Waals surface area contributed by atoms with Gasteiger partial charge in [-0.05, 0) is 43.7 Å². The summed E-state index contributed by atoms with van der Waals surface area (Å²) >= 11 is 0. The second-order valence-corrected chi connectivity index (χ2v) is 12.0. The summed E-state index contributed by atoms with van der Waals surface area (Å²) < 4.78 is 42.0. The van der Waals surface area contributed by atoms with Gasteiger partial charge in [0.05, 0.1) is 18.3 Å². The maximum atomic E-state index is 15.4. The number of aromatic amines is 1. The number of rotatable bonds is 4. The molecule has 3 aromatic rings. The molecule has 4 aliphatic rings. The number of likely N-dealkylation sites (tertiary alicyclic amines) is 1. The second kappa shape index (κ2) is 9.05. The van der Waals surface area contributed by atoms with Crippen LogP contribution in [0.3, 0.4) is 0 Å². The summed E-state index contributed by atoms with van der Waals surface area (Å²) in [5, 5.41) is 2.60. The zero-order chi connectivity index (χ0) is 28.7. The van der Waals surface area contributed by atoms with Gasteiger partial charge in [0.15, 0.2) is 29.9 Å². The molecule has 14 heteroatoms. The smallest absolute Gasteiger partial charge is 0.416 e. The molecule has 0 bridgehead atoms. The molecule has 0 saturated carbocycles. The molecule has 41 heavy (non-hydrogen) atoms. The minimum absolute atomic E-state index is 0.00136. The number of halogens is 2. The molecule has 4 N–H and O–H groups in total. The molecule has 1 unspecified atom stereocenters. The first-order chi connectivity index (χ1) is 19.5. The molecule has 7 rings (SSSR count). The largest absolute Gasteiger partial charge is 0.465 e. The van der Waals surface area contributed by atoms with Gasteiger partial charge in [-0.3, -0.25) is 9.69 Å². The predicted octanol–water partition coefficient (Wildman–Crippen LogP) is 2.36. The first-order valence-electron chi connectivity index (χ1n) is 13.7. The van der Waals surface area contributed by atoms with Crippen LogP contribution in [0, 0.1) is 17.6 Å². The molecule has 1 atom stereocenters. The number of imidazole rings is 1. The van der Waals surface area contributed by atoms with E-state index in [2.05, 4.69) is 30.2 Å². The summed E-state index contributed by atoms with van der Waals surface area (Å²) in [6.07, 6.45) is 3.01. The highest BCUT2D eigenvalue weighted by molar-refractivity contribution is 5.94. The van der Waals surface area contributed by atoms with E-state index in [1.807, 2.05) is 0 Å². The fourth-order valence-electron chi connectivity index (χ4n) is 6.32. The van der Waals surface area contributed by atoms with Crippen molar-refractivity contribution in [2.24, 2.45) is 11.7 Å². The highest BCUT2D eigenvalue weighted by Gasteiger charge is 2.48. The van der Waals surface area contributed by atoms with Crippen LogP contribution in [0.5, 0.6) is 5.88 Å². The number of piperidine rings is 1. The lowest BCUT2D eigenvalue weighted by atomic mass is 9.90. The van der Waals surface area contributed by atoms with Crippen molar-refractivity contribution in [3.63, 3.8) is 0 Å². The van der Waals surface area contributed by atoms with Gasteiger partial charge in [-0.2, -0.15) is 0 Å². The van der Waals surface area contributed by atoms with Crippen LogP contribution >= 0.6 is 0 Å². The Hall–Kier alpha value is -3.91. The van der Waals surface area contributed by atoms with Crippen molar-refractivity contribution in [3.8, 4) is 5.88 Å². The zero-order valence-corrected chi connectivity index (χ0v) is 22.7. The standard InChI is InChI=1S/C27H30F2N8O4/c1-26(2,30)24-34-20-18(28)14-7-13(8-15(14)19(29)21(20)35-24)10-36-5-3-27(4-6-36)12-37(25(39)41-27)16-9-31-23-22(32-16)33-17(38)11-40-23/h9,13H,3-8,10-12,30H2,1-2H3,(H,34,35)(H,32,33,38). The topological polar surface area (TPSA) is 152 Å². The molecule has 1 spiro atoms. The van der Waals surface area contributed by atoms with Gasteiger partial charge >= 0.3 is 6.09 Å². The number of carbonyl (C=O) groups is 2. The van der Waals surface area contributed by atoms with Gasteiger partial charge in [-0.15, -0.1) is 0 Å². The number of hydrogen-bond acceptors (Lipinski definition) is 9. The maximum Gasteiger partial charge on any atom is 0.416 e. The van der Waals surface area contributed by atoms with Gasteiger partial charge in [0.25, 0.3) is 11.8 Å². The second-order valence-electron chi connectivity index (χ2n) is 12.0. The Morgan fingerprint density at radius 3 is 2.61 bits per heavy atom. The lowest BCUT2D eigenvalue weighted by Gasteiger charge is -2.38. The fourth-order valence-corrected chi connectivity index (χ4v) is 6.32. The zero-order valence-electron chi connectivity index (χ0n) is 22.7. The number of nitrogens with two attached hydrogens (primary N) is 1. The Bertz CT molecular complexity index is 1550. The van der Waals surface area contributed by atoms with E-state index in [9.17, 15) is 9.59 Å². The third-order valence-corrected chi connectivity index (χ3v) is 8.48. The quantitative estimate of drug-likeness (QED) is 0.431. The number of hydrogen-bond donors (Lipinski definition) is 3. The van der Waals surface area contributed by atoms with Crippen LogP contribution in [-0.2, 0) is 27.9 Å². The number of anilines is 2. The molecular formula is C27H30F2N8O4. The average Bonchev–Trinajstić information content (AvgIpc) is 3.64. The number of H-pyrrole nitrogens is 1. The summed E-state index contributed by atoms with van der Waals surface area (Å²) in [6, 6.07) is 0. The molecule has 1 aliphatic carbocycles. The molecule has 1 aromatic carbocycles. The van der Waals surface area contributed by atoms with Gasteiger partial charge in [0.2, 0.25) is 0 Å². The maximum absolute atomic E-state index is 15.4. The Morgan fingerprint density at radius 2 is 1.88 bits per heavy atom. The lowest BCUT2D eigenvalue weighted by Crippen LogP contribution is -2.48. The lowest BCUT2D eigenvalue weighted by molar-refractivity contribution is -0.118. The van der Waals surface area contributed by atoms with Crippen LogP contribution in [0.15, 0.2) is 6.20 Å². The van der Waals surface area contributed by atoms with Crippen LogP contribution in [-0.4, -0.2) is 75.2 Å². The van der Waals surface area contributed by atoms with Gasteiger partial charge in [-0.1, -0.05) is 0 Å². The number of carbonyl (C=O) groups excluding carboxylic acids is 2. The normalized spacial score (nSPS) is 20.8. The number of amides is 2. The van der Waals surface area contributed by atoms with Crippen LogP contribution < -0.4 is 20.7 Å². The molecular weight excluding hydrogens is 538 g/mol. The van der Waals surface area contributed by atoms with Crippen LogP contribution in [0.4, 0.5) is 25.2 Å². The van der Waals surface area contributed by atoms with Crippen LogP contribution in [0.2, 0.25) is 0 Å². The van der Waals surface area contributed by atoms with Crippen molar-refractivity contribution in [2.45, 2.75) is 50.7 Å². The minimum Gasteiger partial charge on any atom is -0.465 e. The number of benzene rings is 1. The average molecular weight is 569 g/mol. The van der Waals surface area contributed by atoms with E-state index in [-0.39, 0.29) is 47.0 Å². The summed E-state index contributed by atoms with van der Waals surface area (Å²) in [7, 11) is 0. The molecule has 216 valence electrons. The highest BCUT2D eigenvalue weighted by Crippen LogP contribution is 2.39. The van der Waals surface area contributed by atoms with Crippen molar-refractivity contribution in [1.82, 2.24) is 24.8 Å². The van der Waals surface area contributed by atoms with Crippen molar-refractivity contribution < 1.29 is 27.8 Å². The highest BCUT2D eigenvalue weighted by atomic mass is 19.1. The molecule has 12 nitrogen and oxygen atoms in total. The van der Waals surface area contributed by atoms with E-state index in [1.165, 1.54) is 11.1 Å².